The summed E-state index contributed by atoms with van der Waals surface area (Å²) in [6, 6.07) is 3.21. The van der Waals surface area contributed by atoms with Gasteiger partial charge in [0.25, 0.3) is 5.91 Å². The fourth-order valence-electron chi connectivity index (χ4n) is 5.00. The Hall–Kier alpha value is -3.32. The van der Waals surface area contributed by atoms with Crippen LogP contribution in [-0.2, 0) is 14.6 Å². The van der Waals surface area contributed by atoms with Crippen LogP contribution in [0.4, 0.5) is 15.0 Å². The maximum absolute atomic E-state index is 14.9. The van der Waals surface area contributed by atoms with Crippen molar-refractivity contribution in [2.45, 2.75) is 32.4 Å². The van der Waals surface area contributed by atoms with Gasteiger partial charge in [-0.25, -0.2) is 22.6 Å². The minimum atomic E-state index is -3.27. The van der Waals surface area contributed by atoms with E-state index in [2.05, 4.69) is 4.98 Å². The van der Waals surface area contributed by atoms with Crippen LogP contribution in [0.15, 0.2) is 18.2 Å². The van der Waals surface area contributed by atoms with Gasteiger partial charge in [-0.15, -0.1) is 0 Å². The van der Waals surface area contributed by atoms with E-state index in [1.807, 2.05) is 0 Å². The van der Waals surface area contributed by atoms with Gasteiger partial charge < -0.3 is 29.3 Å². The molecule has 0 bridgehead atoms. The number of benzene rings is 1. The van der Waals surface area contributed by atoms with E-state index < -0.39 is 45.0 Å². The van der Waals surface area contributed by atoms with Crippen molar-refractivity contribution in [3.05, 3.63) is 34.6 Å². The lowest BCUT2D eigenvalue weighted by atomic mass is 10.1. The summed E-state index contributed by atoms with van der Waals surface area (Å²) in [4.78, 5) is 36.0. The van der Waals surface area contributed by atoms with E-state index in [9.17, 15) is 27.5 Å². The van der Waals surface area contributed by atoms with Crippen molar-refractivity contribution in [3.63, 3.8) is 0 Å². The SMILES string of the molecule is CC(C)(C)OC(=O)N1CCN2C(=O)c3c(N4CCS(=O)(=O)CC4)nc(-c4c(O)cccc4F)c(Cl)c3OC[C@H]2C1. The molecule has 3 aliphatic rings. The van der Waals surface area contributed by atoms with Gasteiger partial charge in [-0.3, -0.25) is 4.79 Å². The molecule has 11 nitrogen and oxygen atoms in total. The predicted octanol–water partition coefficient (Wildman–Crippen LogP) is 2.94. The van der Waals surface area contributed by atoms with E-state index in [4.69, 9.17) is 21.1 Å². The van der Waals surface area contributed by atoms with Crippen molar-refractivity contribution >= 4 is 39.3 Å². The second-order valence-corrected chi connectivity index (χ2v) is 13.6. The predicted molar refractivity (Wildman–Crippen MR) is 145 cm³/mol. The monoisotopic (exact) mass is 596 g/mol. The van der Waals surface area contributed by atoms with E-state index >= 15 is 0 Å². The Kier molecular flexibility index (Phi) is 7.24. The maximum Gasteiger partial charge on any atom is 0.410 e. The Morgan fingerprint density at radius 1 is 1.18 bits per heavy atom. The third-order valence-electron chi connectivity index (χ3n) is 6.98. The molecule has 0 aliphatic carbocycles. The molecule has 216 valence electrons. The number of halogens is 2. The molecule has 2 amide bonds. The fraction of sp³-hybridized carbons (Fsp3) is 0.500. The lowest BCUT2D eigenvalue weighted by molar-refractivity contribution is 0.000954. The molecule has 0 radical (unpaired) electrons. The maximum atomic E-state index is 14.9. The number of ether oxygens (including phenoxy) is 2. The molecule has 3 aliphatic heterocycles. The summed E-state index contributed by atoms with van der Waals surface area (Å²) >= 11 is 6.71. The van der Waals surface area contributed by atoms with Gasteiger partial charge in [-0.2, -0.15) is 0 Å². The highest BCUT2D eigenvalue weighted by Gasteiger charge is 2.42. The number of sulfone groups is 1. The van der Waals surface area contributed by atoms with Crippen molar-refractivity contribution in [3.8, 4) is 22.8 Å². The first-order valence-electron chi connectivity index (χ1n) is 12.8. The van der Waals surface area contributed by atoms with Crippen LogP contribution in [0.1, 0.15) is 31.1 Å². The van der Waals surface area contributed by atoms with Gasteiger partial charge in [0.2, 0.25) is 0 Å². The van der Waals surface area contributed by atoms with Crippen LogP contribution in [0.25, 0.3) is 11.3 Å². The molecule has 2 fully saturated rings. The number of nitrogens with zero attached hydrogens (tertiary/aromatic N) is 4. The standard InChI is InChI=1S/C26H30ClFN4O7S/c1-26(2,3)39-25(35)31-7-8-32-15(13-31)14-38-22-19(24(32)34)23(30-9-11-40(36,37)12-10-30)29-21(20(22)27)18-16(28)5-4-6-17(18)33/h4-6,15,33H,7-14H2,1-3H3/t15-/m1/s1. The fourth-order valence-corrected chi connectivity index (χ4v) is 6.49. The van der Waals surface area contributed by atoms with Crippen LogP contribution < -0.4 is 9.64 Å². The minimum Gasteiger partial charge on any atom is -0.507 e. The third-order valence-corrected chi connectivity index (χ3v) is 8.94. The topological polar surface area (TPSA) is 130 Å². The first kappa shape index (κ1) is 28.2. The van der Waals surface area contributed by atoms with E-state index in [0.717, 1.165) is 6.07 Å². The quantitative estimate of drug-likeness (QED) is 0.556. The average Bonchev–Trinajstić information content (AvgIpc) is 3.01. The van der Waals surface area contributed by atoms with Gasteiger partial charge in [-0.05, 0) is 32.9 Å². The van der Waals surface area contributed by atoms with Gasteiger partial charge in [0.05, 0.1) is 23.1 Å². The largest absolute Gasteiger partial charge is 0.507 e. The van der Waals surface area contributed by atoms with Gasteiger partial charge in [-0.1, -0.05) is 17.7 Å². The number of amides is 2. The number of phenols is 1. The summed E-state index contributed by atoms with van der Waals surface area (Å²) in [6.45, 7) is 5.94. The van der Waals surface area contributed by atoms with Crippen LogP contribution in [0.2, 0.25) is 5.02 Å². The number of aromatic hydroxyl groups is 1. The highest BCUT2D eigenvalue weighted by molar-refractivity contribution is 7.91. The summed E-state index contributed by atoms with van der Waals surface area (Å²) in [5.41, 5.74) is -1.07. The zero-order valence-corrected chi connectivity index (χ0v) is 23.9. The molecule has 1 aromatic carbocycles. The molecule has 1 aromatic heterocycles. The number of carbonyl (C=O) groups excluding carboxylic acids is 2. The van der Waals surface area contributed by atoms with Crippen LogP contribution in [-0.4, -0.2) is 103 Å². The second-order valence-electron chi connectivity index (χ2n) is 11.0. The highest BCUT2D eigenvalue weighted by atomic mass is 35.5. The molecule has 1 N–H and O–H groups in total. The van der Waals surface area contributed by atoms with Crippen molar-refractivity contribution in [1.82, 2.24) is 14.8 Å². The van der Waals surface area contributed by atoms with E-state index in [-0.39, 0.29) is 84.2 Å². The summed E-state index contributed by atoms with van der Waals surface area (Å²) in [7, 11) is -3.27. The number of fused-ring (bicyclic) bond motifs is 2. The lowest BCUT2D eigenvalue weighted by Gasteiger charge is -2.40. The number of aromatic nitrogens is 1. The highest BCUT2D eigenvalue weighted by Crippen LogP contribution is 2.46. The lowest BCUT2D eigenvalue weighted by Crippen LogP contribution is -2.58. The van der Waals surface area contributed by atoms with Gasteiger partial charge in [0.15, 0.2) is 15.6 Å². The molecule has 2 saturated heterocycles. The zero-order valence-electron chi connectivity index (χ0n) is 22.3. The Labute approximate surface area is 236 Å². The van der Waals surface area contributed by atoms with Crippen LogP contribution in [0.3, 0.4) is 0 Å². The summed E-state index contributed by atoms with van der Waals surface area (Å²) in [5, 5.41) is 10.3. The Morgan fingerprint density at radius 3 is 2.52 bits per heavy atom. The number of pyridine rings is 1. The molecule has 0 saturated carbocycles. The zero-order chi connectivity index (χ0) is 29.0. The molecule has 0 spiro atoms. The number of rotatable bonds is 2. The Balaban J connectivity index is 1.58. The number of phenolic OH excluding ortho intramolecular Hbond substituents is 1. The van der Waals surface area contributed by atoms with Gasteiger partial charge in [0.1, 0.15) is 45.9 Å². The summed E-state index contributed by atoms with van der Waals surface area (Å²) in [5.74, 6) is -1.91. The van der Waals surface area contributed by atoms with Crippen LogP contribution >= 0.6 is 11.6 Å². The number of hydrogen-bond donors (Lipinski definition) is 1. The van der Waals surface area contributed by atoms with Crippen molar-refractivity contribution in [2.75, 3.05) is 55.7 Å². The second kappa shape index (κ2) is 10.3. The minimum absolute atomic E-state index is 0.0251. The number of carbonyl (C=O) groups is 2. The molecule has 4 heterocycles. The molecule has 1 atom stereocenters. The number of anilines is 1. The Bertz CT molecular complexity index is 1450. The average molecular weight is 597 g/mol. The van der Waals surface area contributed by atoms with Crippen molar-refractivity contribution in [2.24, 2.45) is 0 Å². The van der Waals surface area contributed by atoms with Gasteiger partial charge >= 0.3 is 6.09 Å². The van der Waals surface area contributed by atoms with Crippen molar-refractivity contribution in [1.29, 1.82) is 0 Å². The first-order chi connectivity index (χ1) is 18.8. The summed E-state index contributed by atoms with van der Waals surface area (Å²) < 4.78 is 50.8. The molecule has 0 unspecified atom stereocenters. The van der Waals surface area contributed by atoms with E-state index in [1.165, 1.54) is 17.0 Å². The molecule has 14 heteroatoms. The first-order valence-corrected chi connectivity index (χ1v) is 15.0. The third kappa shape index (κ3) is 5.36. The molecular formula is C26H30ClFN4O7S. The summed E-state index contributed by atoms with van der Waals surface area (Å²) in [6.07, 6.45) is -0.506. The Morgan fingerprint density at radius 2 is 1.88 bits per heavy atom. The molecule has 2 aromatic rings. The van der Waals surface area contributed by atoms with Crippen LogP contribution in [0.5, 0.6) is 11.5 Å². The van der Waals surface area contributed by atoms with E-state index in [1.54, 1.807) is 30.6 Å². The van der Waals surface area contributed by atoms with E-state index in [0.29, 0.717) is 0 Å². The number of hydrogen-bond acceptors (Lipinski definition) is 9. The molecular weight excluding hydrogens is 567 g/mol. The molecule has 40 heavy (non-hydrogen) atoms. The molecule has 5 rings (SSSR count). The number of piperazine rings is 1. The smallest absolute Gasteiger partial charge is 0.410 e. The normalized spacial score (nSPS) is 20.8. The van der Waals surface area contributed by atoms with Crippen LogP contribution in [0, 0.1) is 5.82 Å². The van der Waals surface area contributed by atoms with Gasteiger partial charge in [0, 0.05) is 32.7 Å². The van der Waals surface area contributed by atoms with Crippen molar-refractivity contribution < 1.29 is 37.0 Å².